The third-order valence-corrected chi connectivity index (χ3v) is 3.70. The van der Waals surface area contributed by atoms with Crippen molar-refractivity contribution in [2.75, 3.05) is 0 Å². The summed E-state index contributed by atoms with van der Waals surface area (Å²) in [5, 5.41) is -0.645. The average molecular weight is 313 g/mol. The van der Waals surface area contributed by atoms with Crippen LogP contribution >= 0.6 is 23.2 Å². The van der Waals surface area contributed by atoms with Gasteiger partial charge in [-0.1, -0.05) is 37.0 Å². The minimum Gasteiger partial charge on any atom is -0.426 e. The van der Waals surface area contributed by atoms with Gasteiger partial charge in [-0.3, -0.25) is 9.35 Å². The van der Waals surface area contributed by atoms with Crippen molar-refractivity contribution in [3.63, 3.8) is 0 Å². The fraction of sp³-hybridized carbons (Fsp3) is 0.300. The van der Waals surface area contributed by atoms with Crippen LogP contribution in [0.15, 0.2) is 17.0 Å². The fourth-order valence-corrected chi connectivity index (χ4v) is 2.74. The number of rotatable bonds is 3. The molecule has 0 aliphatic rings. The standard InChI is InChI=1S/C10H10Cl2O5S/c1-5(2)10(13)17-6-3-7(11)9(8(12)4-6)18(14,15)16/h3-5H,1-2H3,(H,14,15,16). The van der Waals surface area contributed by atoms with E-state index in [1.165, 1.54) is 0 Å². The molecule has 0 amide bonds. The molecular weight excluding hydrogens is 303 g/mol. The largest absolute Gasteiger partial charge is 0.426 e. The Labute approximate surface area is 114 Å². The summed E-state index contributed by atoms with van der Waals surface area (Å²) >= 11 is 11.3. The third kappa shape index (κ3) is 3.58. The highest BCUT2D eigenvalue weighted by molar-refractivity contribution is 7.86. The molecule has 0 aliphatic carbocycles. The van der Waals surface area contributed by atoms with E-state index < -0.39 is 21.0 Å². The highest BCUT2D eigenvalue weighted by Crippen LogP contribution is 2.33. The summed E-state index contributed by atoms with van der Waals surface area (Å²) in [6.07, 6.45) is 0. The van der Waals surface area contributed by atoms with Crippen molar-refractivity contribution in [2.24, 2.45) is 5.92 Å². The molecule has 0 aromatic heterocycles. The summed E-state index contributed by atoms with van der Waals surface area (Å²) < 4.78 is 35.8. The summed E-state index contributed by atoms with van der Waals surface area (Å²) in [6, 6.07) is 2.19. The number of halogens is 2. The summed E-state index contributed by atoms with van der Waals surface area (Å²) in [7, 11) is -4.53. The van der Waals surface area contributed by atoms with Crippen LogP contribution in [0.2, 0.25) is 10.0 Å². The van der Waals surface area contributed by atoms with Gasteiger partial charge in [-0.05, 0) is 0 Å². The molecule has 1 aromatic rings. The molecule has 0 aliphatic heterocycles. The molecule has 100 valence electrons. The van der Waals surface area contributed by atoms with E-state index in [-0.39, 0.29) is 21.7 Å². The van der Waals surface area contributed by atoms with Crippen LogP contribution in [0.5, 0.6) is 5.75 Å². The maximum Gasteiger partial charge on any atom is 0.313 e. The highest BCUT2D eigenvalue weighted by Gasteiger charge is 2.21. The molecule has 0 radical (unpaired) electrons. The zero-order valence-corrected chi connectivity index (χ0v) is 11.8. The van der Waals surface area contributed by atoms with Crippen LogP contribution in [-0.2, 0) is 14.9 Å². The Morgan fingerprint density at radius 3 is 2.06 bits per heavy atom. The number of hydrogen-bond acceptors (Lipinski definition) is 4. The Morgan fingerprint density at radius 2 is 1.72 bits per heavy atom. The second-order valence-corrected chi connectivity index (χ2v) is 5.94. The molecule has 0 atom stereocenters. The molecule has 18 heavy (non-hydrogen) atoms. The molecule has 0 bridgehead atoms. The van der Waals surface area contributed by atoms with E-state index in [1.807, 2.05) is 0 Å². The van der Waals surface area contributed by atoms with Crippen LogP contribution in [-0.4, -0.2) is 18.9 Å². The van der Waals surface area contributed by atoms with Crippen molar-refractivity contribution in [2.45, 2.75) is 18.7 Å². The van der Waals surface area contributed by atoms with Crippen molar-refractivity contribution in [3.05, 3.63) is 22.2 Å². The monoisotopic (exact) mass is 312 g/mol. The Balaban J connectivity index is 3.20. The molecule has 1 N–H and O–H groups in total. The van der Waals surface area contributed by atoms with E-state index in [1.54, 1.807) is 13.8 Å². The van der Waals surface area contributed by atoms with E-state index in [0.717, 1.165) is 12.1 Å². The summed E-state index contributed by atoms with van der Waals surface area (Å²) in [6.45, 7) is 3.27. The maximum atomic E-state index is 11.3. The lowest BCUT2D eigenvalue weighted by atomic mass is 10.2. The zero-order valence-electron chi connectivity index (χ0n) is 9.48. The van der Waals surface area contributed by atoms with Crippen LogP contribution in [0, 0.1) is 5.92 Å². The summed E-state index contributed by atoms with van der Waals surface area (Å²) in [5.41, 5.74) is 0. The minimum absolute atomic E-state index is 0.0103. The number of benzene rings is 1. The van der Waals surface area contributed by atoms with Gasteiger partial charge in [0.1, 0.15) is 10.6 Å². The molecule has 5 nitrogen and oxygen atoms in total. The smallest absolute Gasteiger partial charge is 0.313 e. The van der Waals surface area contributed by atoms with Crippen molar-refractivity contribution >= 4 is 39.3 Å². The molecule has 0 saturated heterocycles. The SMILES string of the molecule is CC(C)C(=O)Oc1cc(Cl)c(S(=O)(=O)O)c(Cl)c1. The van der Waals surface area contributed by atoms with Crippen molar-refractivity contribution in [1.29, 1.82) is 0 Å². The van der Waals surface area contributed by atoms with E-state index in [4.69, 9.17) is 32.5 Å². The third-order valence-electron chi connectivity index (χ3n) is 1.92. The quantitative estimate of drug-likeness (QED) is 0.527. The van der Waals surface area contributed by atoms with Gasteiger partial charge >= 0.3 is 5.97 Å². The first-order chi connectivity index (χ1) is 8.12. The fourth-order valence-electron chi connectivity index (χ4n) is 1.08. The highest BCUT2D eigenvalue weighted by atomic mass is 35.5. The second-order valence-electron chi connectivity index (χ2n) is 3.77. The number of carbonyl (C=O) groups excluding carboxylic acids is 1. The Morgan fingerprint density at radius 1 is 1.28 bits per heavy atom. The molecule has 0 heterocycles. The normalized spacial score (nSPS) is 11.7. The van der Waals surface area contributed by atoms with E-state index >= 15 is 0 Å². The Bertz CT molecular complexity index is 557. The number of hydrogen-bond donors (Lipinski definition) is 1. The van der Waals surface area contributed by atoms with Crippen molar-refractivity contribution in [3.8, 4) is 5.75 Å². The Hall–Kier alpha value is -0.820. The molecule has 1 aromatic carbocycles. The maximum absolute atomic E-state index is 11.3. The zero-order chi connectivity index (χ0) is 14.1. The first-order valence-electron chi connectivity index (χ1n) is 4.81. The van der Waals surface area contributed by atoms with Crippen LogP contribution in [0.1, 0.15) is 13.8 Å². The van der Waals surface area contributed by atoms with Crippen LogP contribution in [0.25, 0.3) is 0 Å². The number of esters is 1. The molecule has 0 spiro atoms. The van der Waals surface area contributed by atoms with E-state index in [0.29, 0.717) is 0 Å². The van der Waals surface area contributed by atoms with Crippen LogP contribution in [0.4, 0.5) is 0 Å². The first-order valence-corrected chi connectivity index (χ1v) is 7.00. The lowest BCUT2D eigenvalue weighted by Gasteiger charge is -2.09. The van der Waals surface area contributed by atoms with Crippen molar-refractivity contribution in [1.82, 2.24) is 0 Å². The van der Waals surface area contributed by atoms with Gasteiger partial charge in [0.2, 0.25) is 0 Å². The average Bonchev–Trinajstić information content (AvgIpc) is 2.13. The molecule has 1 rings (SSSR count). The van der Waals surface area contributed by atoms with Gasteiger partial charge in [0.05, 0.1) is 16.0 Å². The first kappa shape index (κ1) is 15.2. The van der Waals surface area contributed by atoms with Gasteiger partial charge in [0, 0.05) is 12.1 Å². The van der Waals surface area contributed by atoms with Gasteiger partial charge in [-0.2, -0.15) is 8.42 Å². The molecule has 0 unspecified atom stereocenters. The number of carbonyl (C=O) groups is 1. The van der Waals surface area contributed by atoms with E-state index in [2.05, 4.69) is 0 Å². The summed E-state index contributed by atoms with van der Waals surface area (Å²) in [4.78, 5) is 10.7. The van der Waals surface area contributed by atoms with Crippen LogP contribution in [0.3, 0.4) is 0 Å². The summed E-state index contributed by atoms with van der Waals surface area (Å²) in [5.74, 6) is -0.860. The lowest BCUT2D eigenvalue weighted by molar-refractivity contribution is -0.137. The second kappa shape index (κ2) is 5.44. The van der Waals surface area contributed by atoms with Gasteiger partial charge in [-0.25, -0.2) is 0 Å². The van der Waals surface area contributed by atoms with Gasteiger partial charge in [0.25, 0.3) is 10.1 Å². The van der Waals surface area contributed by atoms with Gasteiger partial charge < -0.3 is 4.74 Å². The topological polar surface area (TPSA) is 80.7 Å². The molecule has 0 saturated carbocycles. The Kier molecular flexibility index (Phi) is 4.61. The van der Waals surface area contributed by atoms with E-state index in [9.17, 15) is 13.2 Å². The number of ether oxygens (including phenoxy) is 1. The molecule has 8 heteroatoms. The predicted octanol–water partition coefficient (Wildman–Crippen LogP) is 2.80. The van der Waals surface area contributed by atoms with Crippen molar-refractivity contribution < 1.29 is 22.5 Å². The minimum atomic E-state index is -4.53. The van der Waals surface area contributed by atoms with Crippen LogP contribution < -0.4 is 4.74 Å². The van der Waals surface area contributed by atoms with Gasteiger partial charge in [-0.15, -0.1) is 0 Å². The van der Waals surface area contributed by atoms with Gasteiger partial charge in [0.15, 0.2) is 0 Å². The lowest BCUT2D eigenvalue weighted by Crippen LogP contribution is -2.15. The molecule has 0 fully saturated rings. The molecular formula is C10H10Cl2O5S. The predicted molar refractivity (Wildman–Crippen MR) is 66.7 cm³/mol.